The van der Waals surface area contributed by atoms with Crippen LogP contribution in [0.5, 0.6) is 0 Å². The van der Waals surface area contributed by atoms with Gasteiger partial charge in [0.2, 0.25) is 0 Å². The minimum absolute atomic E-state index is 0.127. The van der Waals surface area contributed by atoms with Gasteiger partial charge < -0.3 is 18.6 Å². The quantitative estimate of drug-likeness (QED) is 0.761. The van der Waals surface area contributed by atoms with Crippen molar-refractivity contribution in [3.8, 4) is 11.7 Å². The molecule has 1 N–H and O–H groups in total. The zero-order valence-corrected chi connectivity index (χ0v) is 13.8. The molecule has 1 saturated heterocycles. The van der Waals surface area contributed by atoms with Crippen LogP contribution >= 0.6 is 11.3 Å². The molecule has 3 aromatic rings. The molecule has 0 spiro atoms. The first kappa shape index (κ1) is 15.1. The molecule has 1 aliphatic rings. The molecule has 0 radical (unpaired) electrons. The van der Waals surface area contributed by atoms with Crippen LogP contribution in [0.3, 0.4) is 0 Å². The Morgan fingerprint density at radius 1 is 1.25 bits per heavy atom. The molecule has 1 fully saturated rings. The minimum Gasteiger partial charge on any atom is -0.459 e. The summed E-state index contributed by atoms with van der Waals surface area (Å²) in [6.45, 7) is 3.89. The third-order valence-electron chi connectivity index (χ3n) is 4.09. The van der Waals surface area contributed by atoms with Gasteiger partial charge in [-0.1, -0.05) is 6.07 Å². The first-order valence-electron chi connectivity index (χ1n) is 7.82. The number of hydrogen-bond donors (Lipinski definition) is 1. The lowest BCUT2D eigenvalue weighted by atomic mass is 10.3. The Morgan fingerprint density at radius 3 is 2.83 bits per heavy atom. The van der Waals surface area contributed by atoms with Crippen molar-refractivity contribution in [3.05, 3.63) is 46.7 Å². The molecule has 8 heteroatoms. The van der Waals surface area contributed by atoms with Crippen molar-refractivity contribution in [2.24, 2.45) is 0 Å². The highest BCUT2D eigenvalue weighted by atomic mass is 32.1. The number of quaternary nitrogens is 1. The van der Waals surface area contributed by atoms with Crippen molar-refractivity contribution < 1.29 is 18.5 Å². The summed E-state index contributed by atoms with van der Waals surface area (Å²) in [5.74, 6) is 1.70. The Labute approximate surface area is 142 Å². The van der Waals surface area contributed by atoms with E-state index >= 15 is 0 Å². The number of rotatable bonds is 4. The van der Waals surface area contributed by atoms with Gasteiger partial charge in [0, 0.05) is 0 Å². The van der Waals surface area contributed by atoms with E-state index in [-0.39, 0.29) is 5.91 Å². The summed E-state index contributed by atoms with van der Waals surface area (Å²) in [6.07, 6.45) is 1.58. The molecule has 3 aromatic heterocycles. The summed E-state index contributed by atoms with van der Waals surface area (Å²) >= 11 is 1.49. The van der Waals surface area contributed by atoms with Gasteiger partial charge in [-0.05, 0) is 23.6 Å². The summed E-state index contributed by atoms with van der Waals surface area (Å²) in [6, 6.07) is 7.36. The van der Waals surface area contributed by atoms with Crippen molar-refractivity contribution >= 4 is 17.2 Å². The highest BCUT2D eigenvalue weighted by Gasteiger charge is 2.26. The fraction of sp³-hybridized carbons (Fsp3) is 0.312. The molecule has 7 nitrogen and oxygen atoms in total. The molecule has 124 valence electrons. The normalized spacial score (nSPS) is 15.8. The van der Waals surface area contributed by atoms with Crippen LogP contribution < -0.4 is 4.90 Å². The molecular formula is C16H17N4O3S+. The molecular weight excluding hydrogens is 328 g/mol. The number of aromatic nitrogens is 2. The third kappa shape index (κ3) is 3.10. The van der Waals surface area contributed by atoms with Crippen LogP contribution in [-0.2, 0) is 6.54 Å². The van der Waals surface area contributed by atoms with Crippen molar-refractivity contribution in [1.29, 1.82) is 0 Å². The van der Waals surface area contributed by atoms with Crippen LogP contribution in [0.4, 0.5) is 0 Å². The smallest absolute Gasteiger partial charge is 0.283 e. The number of furan rings is 1. The lowest BCUT2D eigenvalue weighted by Gasteiger charge is -2.31. The van der Waals surface area contributed by atoms with E-state index in [0.717, 1.165) is 31.1 Å². The average Bonchev–Trinajstić information content (AvgIpc) is 3.36. The van der Waals surface area contributed by atoms with E-state index in [1.165, 1.54) is 16.2 Å². The number of nitrogens with zero attached hydrogens (tertiary/aromatic N) is 3. The predicted molar refractivity (Wildman–Crippen MR) is 86.6 cm³/mol. The monoisotopic (exact) mass is 345 g/mol. The average molecular weight is 345 g/mol. The lowest BCUT2D eigenvalue weighted by Crippen LogP contribution is -3.13. The van der Waals surface area contributed by atoms with Crippen molar-refractivity contribution in [2.75, 3.05) is 26.2 Å². The van der Waals surface area contributed by atoms with Gasteiger partial charge in [-0.2, -0.15) is 0 Å². The Balaban J connectivity index is 1.33. The first-order valence-corrected chi connectivity index (χ1v) is 8.70. The van der Waals surface area contributed by atoms with E-state index in [9.17, 15) is 4.79 Å². The summed E-state index contributed by atoms with van der Waals surface area (Å²) in [5, 5.41) is 10.0. The van der Waals surface area contributed by atoms with Gasteiger partial charge in [-0.3, -0.25) is 4.79 Å². The number of hydrogen-bond acceptors (Lipinski definition) is 6. The maximum atomic E-state index is 12.3. The molecule has 0 bridgehead atoms. The Hall–Kier alpha value is -2.45. The van der Waals surface area contributed by atoms with E-state index < -0.39 is 0 Å². The molecule has 0 saturated carbocycles. The Morgan fingerprint density at radius 2 is 2.12 bits per heavy atom. The summed E-state index contributed by atoms with van der Waals surface area (Å²) in [5.41, 5.74) is 0. The summed E-state index contributed by atoms with van der Waals surface area (Å²) in [4.78, 5) is 16.4. The second kappa shape index (κ2) is 6.58. The second-order valence-corrected chi connectivity index (χ2v) is 6.62. The molecule has 24 heavy (non-hydrogen) atoms. The zero-order valence-electron chi connectivity index (χ0n) is 13.0. The SMILES string of the molecule is O=C(c1cccs1)N1CC[NH+](Cc2nnc(-c3ccco3)o2)CC1. The van der Waals surface area contributed by atoms with E-state index in [0.29, 0.717) is 24.1 Å². The van der Waals surface area contributed by atoms with Gasteiger partial charge in [0.25, 0.3) is 17.7 Å². The van der Waals surface area contributed by atoms with Crippen LogP contribution in [0.15, 0.2) is 44.7 Å². The number of piperazine rings is 1. The van der Waals surface area contributed by atoms with Gasteiger partial charge in [-0.25, -0.2) is 0 Å². The van der Waals surface area contributed by atoms with Crippen molar-refractivity contribution in [1.82, 2.24) is 15.1 Å². The molecule has 1 amide bonds. The summed E-state index contributed by atoms with van der Waals surface area (Å²) < 4.78 is 10.9. The fourth-order valence-electron chi connectivity index (χ4n) is 2.80. The molecule has 0 atom stereocenters. The number of carbonyl (C=O) groups is 1. The second-order valence-electron chi connectivity index (χ2n) is 5.67. The number of nitrogens with one attached hydrogen (secondary N) is 1. The van der Waals surface area contributed by atoms with Gasteiger partial charge >= 0.3 is 0 Å². The molecule has 4 heterocycles. The van der Waals surface area contributed by atoms with E-state index in [4.69, 9.17) is 8.83 Å². The largest absolute Gasteiger partial charge is 0.459 e. The minimum atomic E-state index is 0.127. The van der Waals surface area contributed by atoms with Gasteiger partial charge in [0.05, 0.1) is 37.3 Å². The lowest BCUT2D eigenvalue weighted by molar-refractivity contribution is -0.918. The zero-order chi connectivity index (χ0) is 16.4. The summed E-state index contributed by atoms with van der Waals surface area (Å²) in [7, 11) is 0. The number of thiophene rings is 1. The fourth-order valence-corrected chi connectivity index (χ4v) is 3.49. The Kier molecular flexibility index (Phi) is 4.14. The third-order valence-corrected chi connectivity index (χ3v) is 4.95. The number of amides is 1. The van der Waals surface area contributed by atoms with Crippen LogP contribution in [-0.4, -0.2) is 47.2 Å². The molecule has 1 aliphatic heterocycles. The standard InChI is InChI=1S/C16H16N4O3S/c21-16(13-4-2-10-24-13)20-7-5-19(6-8-20)11-14-17-18-15(23-14)12-3-1-9-22-12/h1-4,9-10H,5-8,11H2/p+1. The van der Waals surface area contributed by atoms with Crippen LogP contribution in [0.25, 0.3) is 11.7 Å². The maximum Gasteiger partial charge on any atom is 0.283 e. The van der Waals surface area contributed by atoms with Crippen molar-refractivity contribution in [3.63, 3.8) is 0 Å². The molecule has 0 aromatic carbocycles. The van der Waals surface area contributed by atoms with Gasteiger partial charge in [0.1, 0.15) is 0 Å². The molecule has 0 unspecified atom stereocenters. The highest BCUT2D eigenvalue weighted by Crippen LogP contribution is 2.17. The van der Waals surface area contributed by atoms with E-state index in [1.54, 1.807) is 18.4 Å². The van der Waals surface area contributed by atoms with Crippen molar-refractivity contribution in [2.45, 2.75) is 6.54 Å². The molecule has 0 aliphatic carbocycles. The highest BCUT2D eigenvalue weighted by molar-refractivity contribution is 7.12. The molecule has 4 rings (SSSR count). The van der Waals surface area contributed by atoms with Gasteiger partial charge in [0.15, 0.2) is 12.3 Å². The predicted octanol–water partition coefficient (Wildman–Crippen LogP) is 0.932. The van der Waals surface area contributed by atoms with E-state index in [2.05, 4.69) is 10.2 Å². The van der Waals surface area contributed by atoms with Crippen LogP contribution in [0.1, 0.15) is 15.6 Å². The van der Waals surface area contributed by atoms with E-state index in [1.807, 2.05) is 22.4 Å². The number of carbonyl (C=O) groups excluding carboxylic acids is 1. The van der Waals surface area contributed by atoms with Crippen LogP contribution in [0, 0.1) is 0 Å². The first-order chi connectivity index (χ1) is 11.8. The van der Waals surface area contributed by atoms with Crippen LogP contribution in [0.2, 0.25) is 0 Å². The van der Waals surface area contributed by atoms with Gasteiger partial charge in [-0.15, -0.1) is 21.5 Å². The topological polar surface area (TPSA) is 76.8 Å². The Bertz CT molecular complexity index is 789. The maximum absolute atomic E-state index is 12.3.